The largest absolute Gasteiger partial charge is 0.393 e. The molecule has 0 aliphatic carbocycles. The number of para-hydroxylation sites is 1. The third-order valence-electron chi connectivity index (χ3n) is 3.07. The van der Waals surface area contributed by atoms with Crippen molar-refractivity contribution in [2.75, 3.05) is 6.54 Å². The highest BCUT2D eigenvalue weighted by molar-refractivity contribution is 7.80. The summed E-state index contributed by atoms with van der Waals surface area (Å²) in [6, 6.07) is 8.71. The Hall–Kier alpha value is -1.39. The van der Waals surface area contributed by atoms with E-state index < -0.39 is 0 Å². The van der Waals surface area contributed by atoms with Gasteiger partial charge in [0.25, 0.3) is 0 Å². The molecule has 1 aromatic heterocycles. The van der Waals surface area contributed by atoms with Gasteiger partial charge in [-0.25, -0.2) is 0 Å². The fourth-order valence-electron chi connectivity index (χ4n) is 2.17. The van der Waals surface area contributed by atoms with Gasteiger partial charge in [-0.3, -0.25) is 0 Å². The summed E-state index contributed by atoms with van der Waals surface area (Å²) >= 11 is 4.90. The molecule has 3 nitrogen and oxygen atoms in total. The van der Waals surface area contributed by atoms with E-state index in [4.69, 9.17) is 18.0 Å². The molecule has 0 bridgehead atoms. The number of hydrogen-bond acceptors (Lipinski definition) is 2. The standard InChI is InChI=1S/C14H19N3S/c1-10(8-14(15)18)16-7-6-11-9-17-13-5-3-2-4-12(11)13/h2-5,9-10,16-17H,6-8H2,1H3,(H2,15,18). The van der Waals surface area contributed by atoms with Crippen molar-refractivity contribution in [3.8, 4) is 0 Å². The van der Waals surface area contributed by atoms with E-state index >= 15 is 0 Å². The van der Waals surface area contributed by atoms with Crippen LogP contribution < -0.4 is 11.1 Å². The minimum atomic E-state index is 0.340. The molecular weight excluding hydrogens is 242 g/mol. The summed E-state index contributed by atoms with van der Waals surface area (Å²) in [4.78, 5) is 3.86. The Kier molecular flexibility index (Phi) is 4.33. The zero-order chi connectivity index (χ0) is 13.0. The van der Waals surface area contributed by atoms with Crippen LogP contribution >= 0.6 is 12.2 Å². The molecule has 0 aliphatic rings. The molecule has 2 aromatic rings. The third kappa shape index (κ3) is 3.31. The number of rotatable bonds is 6. The molecule has 0 aliphatic heterocycles. The second-order valence-electron chi connectivity index (χ2n) is 4.64. The number of fused-ring (bicyclic) bond motifs is 1. The lowest BCUT2D eigenvalue weighted by atomic mass is 10.1. The molecule has 1 heterocycles. The highest BCUT2D eigenvalue weighted by Gasteiger charge is 2.05. The van der Waals surface area contributed by atoms with E-state index in [1.165, 1.54) is 16.5 Å². The van der Waals surface area contributed by atoms with Crippen molar-refractivity contribution in [3.63, 3.8) is 0 Å². The Balaban J connectivity index is 1.89. The van der Waals surface area contributed by atoms with E-state index in [9.17, 15) is 0 Å². The predicted molar refractivity (Wildman–Crippen MR) is 80.9 cm³/mol. The minimum absolute atomic E-state index is 0.340. The molecule has 0 spiro atoms. The van der Waals surface area contributed by atoms with Crippen LogP contribution in [0.5, 0.6) is 0 Å². The number of nitrogens with one attached hydrogen (secondary N) is 2. The van der Waals surface area contributed by atoms with Gasteiger partial charge < -0.3 is 16.0 Å². The summed E-state index contributed by atoms with van der Waals surface area (Å²) in [5.41, 5.74) is 8.07. The van der Waals surface area contributed by atoms with Gasteiger partial charge in [-0.1, -0.05) is 30.4 Å². The Bertz CT molecular complexity index is 533. The first-order chi connectivity index (χ1) is 8.66. The zero-order valence-corrected chi connectivity index (χ0v) is 11.4. The SMILES string of the molecule is CC(CC(N)=S)NCCc1c[nH]c2ccccc12. The van der Waals surface area contributed by atoms with Crippen LogP contribution in [0.25, 0.3) is 10.9 Å². The molecule has 0 saturated heterocycles. The van der Waals surface area contributed by atoms with Gasteiger partial charge in [0.2, 0.25) is 0 Å². The van der Waals surface area contributed by atoms with Crippen molar-refractivity contribution in [2.45, 2.75) is 25.8 Å². The number of aromatic nitrogens is 1. The second kappa shape index (κ2) is 5.98. The zero-order valence-electron chi connectivity index (χ0n) is 10.6. The van der Waals surface area contributed by atoms with Crippen LogP contribution in [0, 0.1) is 0 Å². The van der Waals surface area contributed by atoms with Crippen LogP contribution in [0.2, 0.25) is 0 Å². The van der Waals surface area contributed by atoms with E-state index in [1.807, 2.05) is 6.07 Å². The second-order valence-corrected chi connectivity index (χ2v) is 5.16. The van der Waals surface area contributed by atoms with Gasteiger partial charge in [-0.2, -0.15) is 0 Å². The third-order valence-corrected chi connectivity index (χ3v) is 3.24. The topological polar surface area (TPSA) is 53.8 Å². The van der Waals surface area contributed by atoms with Gasteiger partial charge in [-0.15, -0.1) is 0 Å². The van der Waals surface area contributed by atoms with E-state index in [-0.39, 0.29) is 0 Å². The summed E-state index contributed by atoms with van der Waals surface area (Å²) in [6.45, 7) is 3.04. The van der Waals surface area contributed by atoms with Crippen LogP contribution in [0.15, 0.2) is 30.5 Å². The van der Waals surface area contributed by atoms with Gasteiger partial charge in [0.1, 0.15) is 0 Å². The first kappa shape index (κ1) is 13.1. The fourth-order valence-corrected chi connectivity index (χ4v) is 2.42. The van der Waals surface area contributed by atoms with E-state index in [0.717, 1.165) is 19.4 Å². The monoisotopic (exact) mass is 261 g/mol. The Morgan fingerprint density at radius 3 is 3.00 bits per heavy atom. The Morgan fingerprint density at radius 2 is 2.22 bits per heavy atom. The van der Waals surface area contributed by atoms with Gasteiger partial charge in [0.05, 0.1) is 4.99 Å². The average Bonchev–Trinajstić information content (AvgIpc) is 2.72. The van der Waals surface area contributed by atoms with Crippen LogP contribution in [0.1, 0.15) is 18.9 Å². The molecule has 18 heavy (non-hydrogen) atoms. The summed E-state index contributed by atoms with van der Waals surface area (Å²) in [5, 5.41) is 4.74. The maximum Gasteiger partial charge on any atom is 0.0742 e. The Labute approximate surface area is 113 Å². The molecule has 0 radical (unpaired) electrons. The number of hydrogen-bond donors (Lipinski definition) is 3. The molecule has 2 rings (SSSR count). The lowest BCUT2D eigenvalue weighted by molar-refractivity contribution is 0.567. The molecule has 1 atom stereocenters. The number of benzene rings is 1. The van der Waals surface area contributed by atoms with Crippen LogP contribution in [0.3, 0.4) is 0 Å². The van der Waals surface area contributed by atoms with Crippen molar-refractivity contribution in [1.29, 1.82) is 0 Å². The lowest BCUT2D eigenvalue weighted by Gasteiger charge is -2.12. The van der Waals surface area contributed by atoms with Crippen LogP contribution in [-0.2, 0) is 6.42 Å². The molecule has 96 valence electrons. The van der Waals surface area contributed by atoms with Gasteiger partial charge in [0, 0.05) is 29.6 Å². The number of nitrogens with two attached hydrogens (primary N) is 1. The first-order valence-electron chi connectivity index (χ1n) is 6.23. The van der Waals surface area contributed by atoms with Crippen molar-refractivity contribution in [1.82, 2.24) is 10.3 Å². The van der Waals surface area contributed by atoms with Gasteiger partial charge >= 0.3 is 0 Å². The first-order valence-corrected chi connectivity index (χ1v) is 6.64. The molecular formula is C14H19N3S. The van der Waals surface area contributed by atoms with Crippen molar-refractivity contribution < 1.29 is 0 Å². The van der Waals surface area contributed by atoms with E-state index in [0.29, 0.717) is 11.0 Å². The summed E-state index contributed by atoms with van der Waals surface area (Å²) < 4.78 is 0. The van der Waals surface area contributed by atoms with Gasteiger partial charge in [-0.05, 0) is 31.5 Å². The number of aromatic amines is 1. The van der Waals surface area contributed by atoms with Crippen LogP contribution in [-0.4, -0.2) is 22.6 Å². The predicted octanol–water partition coefficient (Wildman–Crippen LogP) is 2.36. The van der Waals surface area contributed by atoms with E-state index in [1.54, 1.807) is 0 Å². The molecule has 4 heteroatoms. The summed E-state index contributed by atoms with van der Waals surface area (Å²) in [6.07, 6.45) is 3.85. The smallest absolute Gasteiger partial charge is 0.0742 e. The van der Waals surface area contributed by atoms with Crippen molar-refractivity contribution >= 4 is 28.1 Å². The fraction of sp³-hybridized carbons (Fsp3) is 0.357. The number of H-pyrrole nitrogens is 1. The van der Waals surface area contributed by atoms with E-state index in [2.05, 4.69) is 41.6 Å². The normalized spacial score (nSPS) is 12.7. The summed E-state index contributed by atoms with van der Waals surface area (Å²) in [5.74, 6) is 0. The van der Waals surface area contributed by atoms with Crippen LogP contribution in [0.4, 0.5) is 0 Å². The Morgan fingerprint density at radius 1 is 1.44 bits per heavy atom. The molecule has 4 N–H and O–H groups in total. The lowest BCUT2D eigenvalue weighted by Crippen LogP contribution is -2.31. The average molecular weight is 261 g/mol. The number of thiocarbonyl (C=S) groups is 1. The molecule has 0 fully saturated rings. The van der Waals surface area contributed by atoms with Crippen molar-refractivity contribution in [2.24, 2.45) is 5.73 Å². The quantitative estimate of drug-likeness (QED) is 0.700. The highest BCUT2D eigenvalue weighted by Crippen LogP contribution is 2.17. The maximum atomic E-state index is 5.52. The minimum Gasteiger partial charge on any atom is -0.393 e. The molecule has 0 saturated carbocycles. The summed E-state index contributed by atoms with van der Waals surface area (Å²) in [7, 11) is 0. The molecule has 1 aromatic carbocycles. The molecule has 0 amide bonds. The highest BCUT2D eigenvalue weighted by atomic mass is 32.1. The van der Waals surface area contributed by atoms with Crippen molar-refractivity contribution in [3.05, 3.63) is 36.0 Å². The van der Waals surface area contributed by atoms with Gasteiger partial charge in [0.15, 0.2) is 0 Å². The maximum absolute atomic E-state index is 5.52. The molecule has 1 unspecified atom stereocenters.